The van der Waals surface area contributed by atoms with Gasteiger partial charge in [0.25, 0.3) is 0 Å². The van der Waals surface area contributed by atoms with Gasteiger partial charge >= 0.3 is 5.97 Å². The van der Waals surface area contributed by atoms with Crippen molar-refractivity contribution in [2.45, 2.75) is 26.2 Å². The minimum Gasteiger partial charge on any atom is -0.497 e. The molecule has 2 heterocycles. The highest BCUT2D eigenvalue weighted by Gasteiger charge is 2.24. The molecule has 0 unspecified atom stereocenters. The van der Waals surface area contributed by atoms with Crippen LogP contribution in [-0.2, 0) is 9.53 Å². The summed E-state index contributed by atoms with van der Waals surface area (Å²) >= 11 is 0. The van der Waals surface area contributed by atoms with Gasteiger partial charge < -0.3 is 18.9 Å². The third-order valence-electron chi connectivity index (χ3n) is 8.27. The molecule has 0 atom stereocenters. The quantitative estimate of drug-likeness (QED) is 0.0868. The van der Waals surface area contributed by atoms with Crippen molar-refractivity contribution >= 4 is 28.9 Å². The molecule has 0 spiro atoms. The highest BCUT2D eigenvalue weighted by atomic mass is 19.2. The van der Waals surface area contributed by atoms with Crippen molar-refractivity contribution in [3.05, 3.63) is 126 Å². The van der Waals surface area contributed by atoms with E-state index in [2.05, 4.69) is 11.7 Å². The first-order valence-corrected chi connectivity index (χ1v) is 16.5. The van der Waals surface area contributed by atoms with E-state index in [0.717, 1.165) is 41.7 Å². The lowest BCUT2D eigenvalue weighted by Crippen LogP contribution is -2.12. The number of benzene rings is 4. The Kier molecular flexibility index (Phi) is 10.8. The normalized spacial score (nSPS) is 13.2. The summed E-state index contributed by atoms with van der Waals surface area (Å²) in [7, 11) is 2.91. The smallest absolute Gasteiger partial charge is 0.343 e. The first-order valence-electron chi connectivity index (χ1n) is 16.5. The lowest BCUT2D eigenvalue weighted by atomic mass is 10.0. The van der Waals surface area contributed by atoms with Crippen LogP contribution in [0.2, 0.25) is 0 Å². The summed E-state index contributed by atoms with van der Waals surface area (Å²) in [6, 6.07) is 33.6. The van der Waals surface area contributed by atoms with E-state index in [0.29, 0.717) is 56.8 Å². The maximum absolute atomic E-state index is 16.7. The molecule has 6 rings (SSSR count). The second kappa shape index (κ2) is 16.0. The van der Waals surface area contributed by atoms with Gasteiger partial charge in [0.2, 0.25) is 0 Å². The zero-order valence-electron chi connectivity index (χ0n) is 28.3. The molecule has 4 aromatic carbocycles. The monoisotopic (exact) mass is 671 g/mol. The molecule has 0 amide bonds. The van der Waals surface area contributed by atoms with Gasteiger partial charge in [0.05, 0.1) is 32.2 Å². The SMILES string of the molecule is CCCCCOc1ccc(-c2cc(-c3ccc(OC)cc3)c(N=C3N=C(c4ccccc4)C=C3c3ccc(OCC(=O)OC)cc3)n2F)cc1. The minimum absolute atomic E-state index is 0.0991. The van der Waals surface area contributed by atoms with Gasteiger partial charge in [-0.15, -0.1) is 0 Å². The van der Waals surface area contributed by atoms with Crippen molar-refractivity contribution in [2.24, 2.45) is 9.98 Å². The molecule has 9 heteroatoms. The summed E-state index contributed by atoms with van der Waals surface area (Å²) < 4.78 is 38.1. The number of unbranched alkanes of at least 4 members (excludes halogenated alkanes) is 2. The number of ether oxygens (including phenoxy) is 4. The van der Waals surface area contributed by atoms with Gasteiger partial charge in [-0.1, -0.05) is 78.8 Å². The number of rotatable bonds is 14. The third kappa shape index (κ3) is 7.84. The number of amidine groups is 1. The Morgan fingerprint density at radius 2 is 1.40 bits per heavy atom. The van der Waals surface area contributed by atoms with Crippen molar-refractivity contribution in [3.63, 3.8) is 0 Å². The first kappa shape index (κ1) is 33.9. The van der Waals surface area contributed by atoms with Crippen LogP contribution >= 0.6 is 0 Å². The molecule has 254 valence electrons. The molecule has 1 aliphatic rings. The number of nitrogens with zero attached hydrogens (tertiary/aromatic N) is 3. The first-order chi connectivity index (χ1) is 24.5. The molecule has 5 aromatic rings. The molecule has 0 fully saturated rings. The van der Waals surface area contributed by atoms with E-state index in [1.54, 1.807) is 25.3 Å². The molecule has 50 heavy (non-hydrogen) atoms. The zero-order valence-corrected chi connectivity index (χ0v) is 28.3. The van der Waals surface area contributed by atoms with E-state index in [4.69, 9.17) is 24.2 Å². The molecule has 0 aliphatic carbocycles. The summed E-state index contributed by atoms with van der Waals surface area (Å²) in [5.41, 5.74) is 5.47. The lowest BCUT2D eigenvalue weighted by Gasteiger charge is -2.08. The average molecular weight is 672 g/mol. The standard InChI is InChI=1S/C41H38FN3O5/c1-4-5-9-24-49-33-22-16-31(17-23-33)38-26-36(29-12-18-32(47-2)19-13-29)41(45(38)42)44-40-35(25-37(43-40)30-10-7-6-8-11-30)28-14-20-34(21-15-28)50-27-39(46)48-3/h6-8,10-23,25-26H,4-5,9,24,27H2,1-3H3. The maximum Gasteiger partial charge on any atom is 0.343 e. The number of methoxy groups -OCH3 is 2. The van der Waals surface area contributed by atoms with Crippen molar-refractivity contribution in [3.8, 4) is 39.6 Å². The van der Waals surface area contributed by atoms with Crippen LogP contribution < -0.4 is 14.2 Å². The Morgan fingerprint density at radius 3 is 2.06 bits per heavy atom. The maximum atomic E-state index is 16.7. The fraction of sp³-hybridized carbons (Fsp3) is 0.195. The Bertz CT molecular complexity index is 2010. The number of hydrogen-bond donors (Lipinski definition) is 0. The van der Waals surface area contributed by atoms with Crippen LogP contribution in [0.1, 0.15) is 37.3 Å². The van der Waals surface area contributed by atoms with Crippen LogP contribution in [0.4, 0.5) is 10.3 Å². The van der Waals surface area contributed by atoms with E-state index in [1.165, 1.54) is 7.11 Å². The summed E-state index contributed by atoms with van der Waals surface area (Å²) in [4.78, 5) is 22.0. The van der Waals surface area contributed by atoms with Gasteiger partial charge in [-0.05, 0) is 78.2 Å². The molecule has 1 aliphatic heterocycles. The van der Waals surface area contributed by atoms with Gasteiger partial charge in [-0.3, -0.25) is 0 Å². The van der Waals surface area contributed by atoms with Gasteiger partial charge in [0.15, 0.2) is 18.3 Å². The number of carbonyl (C=O) groups excluding carboxylic acids is 1. The number of hydrogen-bond acceptors (Lipinski definition) is 6. The van der Waals surface area contributed by atoms with E-state index >= 15 is 4.48 Å². The van der Waals surface area contributed by atoms with Gasteiger partial charge in [0.1, 0.15) is 17.2 Å². The number of esters is 1. The molecule has 8 nitrogen and oxygen atoms in total. The van der Waals surface area contributed by atoms with Crippen molar-refractivity contribution < 1.29 is 28.2 Å². The fourth-order valence-electron chi connectivity index (χ4n) is 5.52. The van der Waals surface area contributed by atoms with E-state index in [1.807, 2.05) is 97.1 Å². The molecule has 0 radical (unpaired) electrons. The van der Waals surface area contributed by atoms with Crippen molar-refractivity contribution in [2.75, 3.05) is 27.4 Å². The van der Waals surface area contributed by atoms with Gasteiger partial charge in [0, 0.05) is 22.3 Å². The van der Waals surface area contributed by atoms with E-state index in [9.17, 15) is 4.79 Å². The van der Waals surface area contributed by atoms with Crippen LogP contribution in [0.3, 0.4) is 0 Å². The molecule has 0 N–H and O–H groups in total. The number of carbonyl (C=O) groups is 1. The molecule has 0 saturated carbocycles. The number of allylic oxidation sites excluding steroid dienone is 1. The van der Waals surface area contributed by atoms with Crippen molar-refractivity contribution in [1.82, 2.24) is 4.79 Å². The second-order valence-electron chi connectivity index (χ2n) is 11.6. The van der Waals surface area contributed by atoms with Crippen LogP contribution in [0.15, 0.2) is 125 Å². The summed E-state index contributed by atoms with van der Waals surface area (Å²) in [6.07, 6.45) is 5.15. The van der Waals surface area contributed by atoms with Crippen LogP contribution in [-0.4, -0.2) is 49.7 Å². The fourth-order valence-corrected chi connectivity index (χ4v) is 5.52. The summed E-state index contributed by atoms with van der Waals surface area (Å²) in [5, 5.41) is 0. The third-order valence-corrected chi connectivity index (χ3v) is 8.27. The number of halogens is 1. The van der Waals surface area contributed by atoms with E-state index < -0.39 is 5.97 Å². The zero-order chi connectivity index (χ0) is 34.9. The molecule has 1 aromatic heterocycles. The highest BCUT2D eigenvalue weighted by molar-refractivity contribution is 6.38. The van der Waals surface area contributed by atoms with Crippen LogP contribution in [0.25, 0.3) is 28.0 Å². The van der Waals surface area contributed by atoms with Gasteiger partial charge in [-0.2, -0.15) is 4.79 Å². The second-order valence-corrected chi connectivity index (χ2v) is 11.6. The van der Waals surface area contributed by atoms with Gasteiger partial charge in [-0.25, -0.2) is 14.8 Å². The highest BCUT2D eigenvalue weighted by Crippen LogP contribution is 2.40. The summed E-state index contributed by atoms with van der Waals surface area (Å²) in [5.74, 6) is 1.90. The van der Waals surface area contributed by atoms with Crippen LogP contribution in [0, 0.1) is 0 Å². The largest absolute Gasteiger partial charge is 0.497 e. The molecule has 0 bridgehead atoms. The Labute approximate surface area is 291 Å². The molecular weight excluding hydrogens is 633 g/mol. The Hall–Kier alpha value is -5.96. The topological polar surface area (TPSA) is 83.6 Å². The minimum atomic E-state index is -0.476. The lowest BCUT2D eigenvalue weighted by molar-refractivity contribution is -0.142. The summed E-state index contributed by atoms with van der Waals surface area (Å²) in [6.45, 7) is 2.59. The molecular formula is C41H38FN3O5. The van der Waals surface area contributed by atoms with Crippen molar-refractivity contribution in [1.29, 1.82) is 0 Å². The Morgan fingerprint density at radius 1 is 0.760 bits per heavy atom. The Balaban J connectivity index is 1.41. The predicted molar refractivity (Wildman–Crippen MR) is 195 cm³/mol. The van der Waals surface area contributed by atoms with E-state index in [-0.39, 0.29) is 12.4 Å². The average Bonchev–Trinajstić information content (AvgIpc) is 3.74. The predicted octanol–water partition coefficient (Wildman–Crippen LogP) is 9.30. The number of aromatic nitrogens is 1. The van der Waals surface area contributed by atoms with Crippen LogP contribution in [0.5, 0.6) is 17.2 Å². The number of aliphatic imine (C=N–C) groups is 2. The molecule has 0 saturated heterocycles.